The maximum Gasteiger partial charge on any atom is -0.426 e. The van der Waals surface area contributed by atoms with Gasteiger partial charge in [0.2, 0.25) is 0 Å². The van der Waals surface area contributed by atoms with E-state index in [1.54, 1.807) is 0 Å². The number of hydrogen-bond acceptors (Lipinski definition) is 6. The third kappa shape index (κ3) is 387. The zero-order valence-corrected chi connectivity index (χ0v) is 10.4. The molecule has 9 heavy (non-hydrogen) atoms. The van der Waals surface area contributed by atoms with E-state index < -0.39 is 19.8 Å². The summed E-state index contributed by atoms with van der Waals surface area (Å²) in [7, 11) is -8.16. The molecular formula is AsHfO6Si. The van der Waals surface area contributed by atoms with Crippen LogP contribution in [0.15, 0.2) is 0 Å². The molecule has 0 N–H and O–H groups in total. The van der Waals surface area contributed by atoms with E-state index in [0.717, 1.165) is 0 Å². The van der Waals surface area contributed by atoms with E-state index in [9.17, 15) is 7.48 Å². The maximum absolute atomic E-state index is 9.18. The topological polar surface area (TPSA) is 126 Å². The van der Waals surface area contributed by atoms with Crippen LogP contribution in [0, 0.1) is 0 Å². The van der Waals surface area contributed by atoms with Gasteiger partial charge in [0.25, 0.3) is 0 Å². The van der Waals surface area contributed by atoms with Crippen molar-refractivity contribution in [3.63, 3.8) is 0 Å². The Morgan fingerprint density at radius 1 is 1.11 bits per heavy atom. The Morgan fingerprint density at radius 2 is 1.11 bits per heavy atom. The maximum atomic E-state index is 9.18. The van der Waals surface area contributed by atoms with E-state index in [2.05, 4.69) is 0 Å². The molecule has 9 heteroatoms. The van der Waals surface area contributed by atoms with Gasteiger partial charge in [-0.05, 0) is 0 Å². The molecule has 0 aromatic carbocycles. The summed E-state index contributed by atoms with van der Waals surface area (Å²) in [5.74, 6) is 0. The van der Waals surface area contributed by atoms with Crippen molar-refractivity contribution in [1.82, 2.24) is 0 Å². The zero-order valence-electron chi connectivity index (χ0n) is 3.90. The summed E-state index contributed by atoms with van der Waals surface area (Å²) in [5, 5.41) is 0. The van der Waals surface area contributed by atoms with Gasteiger partial charge < -0.3 is 28.2 Å². The largest absolute Gasteiger partial charge is 0.894 e. The Kier molecular flexibility index (Phi) is 8.26. The molecule has 6 nitrogen and oxygen atoms in total. The average molecular weight is 377 g/mol. The van der Waals surface area contributed by atoms with Crippen molar-refractivity contribution in [2.75, 3.05) is 0 Å². The van der Waals surface area contributed by atoms with Crippen molar-refractivity contribution >= 4 is 19.8 Å². The predicted octanol–water partition coefficient (Wildman–Crippen LogP) is -5.76. The minimum absolute atomic E-state index is 0.383. The first-order valence-electron chi connectivity index (χ1n) is 1.41. The van der Waals surface area contributed by atoms with E-state index in [0.29, 0.717) is 21.8 Å². The van der Waals surface area contributed by atoms with Crippen LogP contribution in [0.3, 0.4) is 0 Å². The monoisotopic (exact) mass is 379 g/mol. The third-order valence-corrected chi connectivity index (χ3v) is 0. The molecule has 49 valence electrons. The summed E-state index contributed by atoms with van der Waals surface area (Å²) in [6.07, 6.45) is 0. The Bertz CT molecular complexity index is 108. The SMILES string of the molecule is O=[As](=O)[Hf+4].[O-][Si]([O-])([O-])[O-]. The van der Waals surface area contributed by atoms with Crippen LogP contribution < -0.4 is 19.2 Å². The van der Waals surface area contributed by atoms with E-state index in [-0.39, 0.29) is 0 Å². The van der Waals surface area contributed by atoms with E-state index in [1.807, 2.05) is 0 Å². The number of rotatable bonds is 0. The first-order chi connectivity index (χ1) is 3.73. The second kappa shape index (κ2) is 5.84. The molecule has 0 atom stereocenters. The van der Waals surface area contributed by atoms with Crippen LogP contribution in [0.4, 0.5) is 0 Å². The van der Waals surface area contributed by atoms with Crippen molar-refractivity contribution in [3.05, 3.63) is 0 Å². The number of hydrogen-bond donors (Lipinski definition) is 0. The van der Waals surface area contributed by atoms with Crippen LogP contribution in [-0.4, -0.2) is 19.8 Å². The average Bonchev–Trinajstić information content (AvgIpc) is 1.19. The third-order valence-electron chi connectivity index (χ3n) is 0. The van der Waals surface area contributed by atoms with Crippen LogP contribution >= 0.6 is 0 Å². The summed E-state index contributed by atoms with van der Waals surface area (Å²) in [4.78, 5) is 34.3. The van der Waals surface area contributed by atoms with Gasteiger partial charge in [0.05, 0.1) is 0 Å². The predicted molar refractivity (Wildman–Crippen MR) is 12.9 cm³/mol. The Balaban J connectivity index is 0. The smallest absolute Gasteiger partial charge is 0.426 e. The fourth-order valence-corrected chi connectivity index (χ4v) is 0. The Morgan fingerprint density at radius 3 is 1.11 bits per heavy atom. The molecule has 0 aromatic rings. The van der Waals surface area contributed by atoms with Gasteiger partial charge in [-0.15, -0.1) is 0 Å². The summed E-state index contributed by atoms with van der Waals surface area (Å²) in [6.45, 7) is 0. The molecular weight excluding hydrogens is 377 g/mol. The molecule has 0 aliphatic heterocycles. The minimum Gasteiger partial charge on any atom is -0.894 e. The molecule has 0 heterocycles. The van der Waals surface area contributed by atoms with Crippen LogP contribution in [0.2, 0.25) is 0 Å². The van der Waals surface area contributed by atoms with Crippen molar-refractivity contribution in [2.24, 2.45) is 0 Å². The molecule has 0 aromatic heterocycles. The molecule has 0 spiro atoms. The summed E-state index contributed by atoms with van der Waals surface area (Å²) in [5.41, 5.74) is 0. The zero-order chi connectivity index (χ0) is 8.08. The molecule has 0 radical (unpaired) electrons. The fraction of sp³-hybridized carbons (Fsp3) is 0. The molecule has 0 bridgehead atoms. The first-order valence-corrected chi connectivity index (χ1v) is 13.9. The summed E-state index contributed by atoms with van der Waals surface area (Å²) in [6, 6.07) is 0. The minimum atomic E-state index is -5.61. The normalized spacial score (nSPS) is 9.56. The van der Waals surface area contributed by atoms with Gasteiger partial charge in [0.1, 0.15) is 0 Å². The first kappa shape index (κ1) is 12.7. The van der Waals surface area contributed by atoms with Crippen LogP contribution in [0.1, 0.15) is 0 Å². The van der Waals surface area contributed by atoms with Gasteiger partial charge in [-0.2, -0.15) is 0 Å². The van der Waals surface area contributed by atoms with E-state index >= 15 is 0 Å². The van der Waals surface area contributed by atoms with Gasteiger partial charge in [0.15, 0.2) is 0 Å². The van der Waals surface area contributed by atoms with Crippen LogP contribution in [0.5, 0.6) is 0 Å². The molecule has 0 amide bonds. The standard InChI is InChI=1S/AsO2.Hf.O4Si/c2-1-3;;1-5(2,3)4/q;+4;-4. The van der Waals surface area contributed by atoms with Crippen LogP contribution in [0.25, 0.3) is 0 Å². The Labute approximate surface area is 68.0 Å². The van der Waals surface area contributed by atoms with Gasteiger partial charge in [0, 0.05) is 0 Å². The molecule has 0 fully saturated rings. The van der Waals surface area contributed by atoms with Crippen LogP contribution in [-0.2, 0) is 29.3 Å². The van der Waals surface area contributed by atoms with Crippen molar-refractivity contribution in [2.45, 2.75) is 0 Å². The van der Waals surface area contributed by atoms with Crippen molar-refractivity contribution in [1.29, 1.82) is 0 Å². The summed E-state index contributed by atoms with van der Waals surface area (Å²) >= 11 is 0.383. The second-order valence-electron chi connectivity index (χ2n) is 0.757. The Hall–Kier alpha value is 1.09. The molecule has 0 rings (SSSR count). The van der Waals surface area contributed by atoms with E-state index in [1.165, 1.54) is 0 Å². The van der Waals surface area contributed by atoms with Gasteiger partial charge in [-0.25, -0.2) is 0 Å². The molecule has 0 saturated carbocycles. The van der Waals surface area contributed by atoms with Gasteiger partial charge in [-0.3, -0.25) is 0 Å². The molecule has 0 saturated heterocycles. The van der Waals surface area contributed by atoms with E-state index in [4.69, 9.17) is 19.2 Å². The quantitative estimate of drug-likeness (QED) is 0.387. The summed E-state index contributed by atoms with van der Waals surface area (Å²) < 4.78 is 18.4. The van der Waals surface area contributed by atoms with Gasteiger partial charge >= 0.3 is 40.0 Å². The molecule has 0 aliphatic rings. The van der Waals surface area contributed by atoms with Crippen molar-refractivity contribution < 1.29 is 48.5 Å². The van der Waals surface area contributed by atoms with Crippen molar-refractivity contribution in [3.8, 4) is 0 Å². The molecule has 0 aliphatic carbocycles. The fourth-order valence-electron chi connectivity index (χ4n) is 0. The second-order valence-corrected chi connectivity index (χ2v) is 9.65. The molecule has 0 unspecified atom stereocenters. The van der Waals surface area contributed by atoms with Gasteiger partial charge in [-0.1, -0.05) is 0 Å².